The molecule has 0 fully saturated rings. The lowest BCUT2D eigenvalue weighted by molar-refractivity contribution is 0.102. The van der Waals surface area contributed by atoms with Gasteiger partial charge in [0.1, 0.15) is 0 Å². The first-order valence-corrected chi connectivity index (χ1v) is 12.0. The minimum atomic E-state index is -3.78. The fraction of sp³-hybridized carbons (Fsp3) is 0.348. The first kappa shape index (κ1) is 25.5. The van der Waals surface area contributed by atoms with E-state index >= 15 is 0 Å². The largest absolute Gasteiger partial charge is 0.403 e. The summed E-state index contributed by atoms with van der Waals surface area (Å²) in [7, 11) is -0.775. The summed E-state index contributed by atoms with van der Waals surface area (Å²) in [5.41, 5.74) is 3.10. The molecule has 1 heterocycles. The summed E-state index contributed by atoms with van der Waals surface area (Å²) in [6.45, 7) is 4.80. The first-order chi connectivity index (χ1) is 16.2. The van der Waals surface area contributed by atoms with Crippen LogP contribution in [0, 0.1) is 13.8 Å². The molecule has 3 rings (SSSR count). The number of anilines is 1. The number of aromatic nitrogens is 2. The Hall–Kier alpha value is -3.12. The lowest BCUT2D eigenvalue weighted by atomic mass is 10.1. The molecule has 3 aromatic rings. The summed E-state index contributed by atoms with van der Waals surface area (Å²) in [6.07, 6.45) is 0. The molecule has 0 aliphatic rings. The van der Waals surface area contributed by atoms with E-state index in [4.69, 9.17) is 13.9 Å². The topological polar surface area (TPSA) is 124 Å². The fourth-order valence-corrected chi connectivity index (χ4v) is 4.73. The first-order valence-electron chi connectivity index (χ1n) is 10.6. The van der Waals surface area contributed by atoms with Crippen molar-refractivity contribution in [2.45, 2.75) is 18.7 Å². The number of hydrogen-bond donors (Lipinski definition) is 1. The van der Waals surface area contributed by atoms with Crippen LogP contribution in [0.2, 0.25) is 0 Å². The molecule has 0 unspecified atom stereocenters. The molecule has 0 saturated carbocycles. The van der Waals surface area contributed by atoms with Crippen molar-refractivity contribution in [1.29, 1.82) is 0 Å². The molecule has 182 valence electrons. The molecule has 1 N–H and O–H groups in total. The maximum Gasteiger partial charge on any atom is 0.322 e. The molecule has 0 atom stereocenters. The molecule has 0 radical (unpaired) electrons. The average molecular weight is 489 g/mol. The minimum absolute atomic E-state index is 0.0545. The van der Waals surface area contributed by atoms with Crippen molar-refractivity contribution in [3.63, 3.8) is 0 Å². The predicted molar refractivity (Wildman–Crippen MR) is 126 cm³/mol. The Kier molecular flexibility index (Phi) is 8.51. The summed E-state index contributed by atoms with van der Waals surface area (Å²) in [4.78, 5) is 12.7. The average Bonchev–Trinajstić information content (AvgIpc) is 3.27. The van der Waals surface area contributed by atoms with Crippen LogP contribution >= 0.6 is 0 Å². The molecule has 0 bridgehead atoms. The van der Waals surface area contributed by atoms with Crippen LogP contribution in [0.25, 0.3) is 11.5 Å². The molecule has 1 amide bonds. The van der Waals surface area contributed by atoms with Gasteiger partial charge in [-0.25, -0.2) is 8.42 Å². The number of rotatable bonds is 11. The summed E-state index contributed by atoms with van der Waals surface area (Å²) < 4.78 is 42.8. The molecule has 10 nitrogen and oxygen atoms in total. The molecule has 1 aromatic heterocycles. The Morgan fingerprint density at radius 1 is 0.971 bits per heavy atom. The Bertz CT molecular complexity index is 1200. The summed E-state index contributed by atoms with van der Waals surface area (Å²) in [5.74, 6) is -0.217. The SMILES string of the molecule is COCCN(CCOC)S(=O)(=O)c1ccc(C(=O)Nc2nnc(-c3cc(C)cc(C)c3)o2)cc1. The van der Waals surface area contributed by atoms with E-state index < -0.39 is 15.9 Å². The number of sulfonamides is 1. The summed E-state index contributed by atoms with van der Waals surface area (Å²) in [6, 6.07) is 11.4. The van der Waals surface area contributed by atoms with Crippen molar-refractivity contribution in [3.05, 3.63) is 59.2 Å². The molecule has 0 spiro atoms. The van der Waals surface area contributed by atoms with E-state index in [0.717, 1.165) is 16.7 Å². The van der Waals surface area contributed by atoms with Gasteiger partial charge in [-0.15, -0.1) is 5.10 Å². The van der Waals surface area contributed by atoms with Gasteiger partial charge in [-0.3, -0.25) is 10.1 Å². The Morgan fingerprint density at radius 2 is 1.56 bits per heavy atom. The van der Waals surface area contributed by atoms with E-state index in [2.05, 4.69) is 15.5 Å². The van der Waals surface area contributed by atoms with Crippen LogP contribution in [-0.2, 0) is 19.5 Å². The lowest BCUT2D eigenvalue weighted by Crippen LogP contribution is -2.36. The molecule has 2 aromatic carbocycles. The number of carbonyl (C=O) groups excluding carboxylic acids is 1. The molecule has 0 aliphatic heterocycles. The van der Waals surface area contributed by atoms with Gasteiger partial charge in [0.05, 0.1) is 18.1 Å². The highest BCUT2D eigenvalue weighted by Crippen LogP contribution is 2.23. The third kappa shape index (κ3) is 6.26. The monoisotopic (exact) mass is 488 g/mol. The second-order valence-corrected chi connectivity index (χ2v) is 9.59. The van der Waals surface area contributed by atoms with Crippen LogP contribution in [0.1, 0.15) is 21.5 Å². The van der Waals surface area contributed by atoms with Crippen molar-refractivity contribution in [3.8, 4) is 11.5 Å². The van der Waals surface area contributed by atoms with E-state index in [9.17, 15) is 13.2 Å². The van der Waals surface area contributed by atoms with E-state index in [1.54, 1.807) is 0 Å². The Balaban J connectivity index is 1.72. The number of nitrogens with one attached hydrogen (secondary N) is 1. The van der Waals surface area contributed by atoms with Crippen molar-refractivity contribution in [2.75, 3.05) is 45.8 Å². The zero-order chi connectivity index (χ0) is 24.7. The number of aryl methyl sites for hydroxylation is 2. The van der Waals surface area contributed by atoms with Crippen LogP contribution in [0.4, 0.5) is 6.01 Å². The number of hydrogen-bond acceptors (Lipinski definition) is 8. The van der Waals surface area contributed by atoms with Gasteiger partial charge >= 0.3 is 6.01 Å². The van der Waals surface area contributed by atoms with Crippen LogP contribution in [0.15, 0.2) is 51.8 Å². The second kappa shape index (κ2) is 11.3. The minimum Gasteiger partial charge on any atom is -0.403 e. The van der Waals surface area contributed by atoms with Gasteiger partial charge < -0.3 is 13.9 Å². The molecule has 11 heteroatoms. The van der Waals surface area contributed by atoms with Crippen molar-refractivity contribution in [2.24, 2.45) is 0 Å². The van der Waals surface area contributed by atoms with Gasteiger partial charge in [0.25, 0.3) is 5.91 Å². The van der Waals surface area contributed by atoms with Crippen LogP contribution < -0.4 is 5.32 Å². The van der Waals surface area contributed by atoms with E-state index in [-0.39, 0.29) is 48.7 Å². The zero-order valence-electron chi connectivity index (χ0n) is 19.6. The number of methoxy groups -OCH3 is 2. The number of carbonyl (C=O) groups is 1. The van der Waals surface area contributed by atoms with Crippen LogP contribution in [0.3, 0.4) is 0 Å². The standard InChI is InChI=1S/C23H28N4O6S/c1-16-13-17(2)15-19(14-16)22-25-26-23(33-22)24-21(28)18-5-7-20(8-6-18)34(29,30)27(9-11-31-3)10-12-32-4/h5-8,13-15H,9-12H2,1-4H3,(H,24,26,28). The van der Waals surface area contributed by atoms with Crippen LogP contribution in [0.5, 0.6) is 0 Å². The molecule has 34 heavy (non-hydrogen) atoms. The number of benzene rings is 2. The van der Waals surface area contributed by atoms with Gasteiger partial charge in [0, 0.05) is 38.4 Å². The van der Waals surface area contributed by atoms with Crippen LogP contribution in [-0.4, -0.2) is 69.4 Å². The highest BCUT2D eigenvalue weighted by molar-refractivity contribution is 7.89. The lowest BCUT2D eigenvalue weighted by Gasteiger charge is -2.21. The van der Waals surface area contributed by atoms with Gasteiger partial charge in [0.2, 0.25) is 15.9 Å². The van der Waals surface area contributed by atoms with Gasteiger partial charge in [0.15, 0.2) is 0 Å². The summed E-state index contributed by atoms with van der Waals surface area (Å²) >= 11 is 0. The molecule has 0 saturated heterocycles. The van der Waals surface area contributed by atoms with Crippen molar-refractivity contribution >= 4 is 21.9 Å². The van der Waals surface area contributed by atoms with E-state index in [1.165, 1.54) is 42.8 Å². The van der Waals surface area contributed by atoms with E-state index in [0.29, 0.717) is 0 Å². The normalized spacial score (nSPS) is 11.7. The maximum absolute atomic E-state index is 13.0. The maximum atomic E-state index is 13.0. The van der Waals surface area contributed by atoms with Gasteiger partial charge in [-0.1, -0.05) is 22.3 Å². The Morgan fingerprint density at radius 3 is 2.12 bits per heavy atom. The van der Waals surface area contributed by atoms with E-state index in [1.807, 2.05) is 32.0 Å². The van der Waals surface area contributed by atoms with Crippen molar-refractivity contribution < 1.29 is 27.1 Å². The predicted octanol–water partition coefficient (Wildman–Crippen LogP) is 2.89. The van der Waals surface area contributed by atoms with Gasteiger partial charge in [-0.2, -0.15) is 4.31 Å². The third-order valence-corrected chi connectivity index (χ3v) is 6.87. The smallest absolute Gasteiger partial charge is 0.322 e. The van der Waals surface area contributed by atoms with Gasteiger partial charge in [-0.05, 0) is 50.2 Å². The summed E-state index contributed by atoms with van der Waals surface area (Å²) in [5, 5.41) is 10.4. The highest BCUT2D eigenvalue weighted by atomic mass is 32.2. The molecular formula is C23H28N4O6S. The van der Waals surface area contributed by atoms with Crippen molar-refractivity contribution in [1.82, 2.24) is 14.5 Å². The highest BCUT2D eigenvalue weighted by Gasteiger charge is 2.24. The number of nitrogens with zero attached hydrogens (tertiary/aromatic N) is 3. The Labute approximate surface area is 198 Å². The third-order valence-electron chi connectivity index (χ3n) is 4.96. The zero-order valence-corrected chi connectivity index (χ0v) is 20.4. The number of ether oxygens (including phenoxy) is 2. The molecular weight excluding hydrogens is 460 g/mol. The fourth-order valence-electron chi connectivity index (χ4n) is 3.32. The second-order valence-electron chi connectivity index (χ2n) is 7.66. The number of amides is 1. The molecule has 0 aliphatic carbocycles. The quantitative estimate of drug-likeness (QED) is 0.437.